The predicted octanol–water partition coefficient (Wildman–Crippen LogP) is 5.41. The molecule has 0 saturated heterocycles. The standard InChI is InChI=1S/C27H39NO4/c1-18-20(14-22(29)15-26(18)31)10-9-19-6-5-13-27(2)21(11-12-23(19)27)7-3-4-8-25(30)24-16-32-17-28-24/h9-10,16-17,21-23,25-26,29-31H,1,3-8,11-15H2,2H3/b19-9+,20-10-/t21?,22-,23+,25-,26+,27-/m1/s1. The number of aliphatic hydroxyl groups is 3. The van der Waals surface area contributed by atoms with E-state index in [1.165, 1.54) is 50.3 Å². The van der Waals surface area contributed by atoms with E-state index < -0.39 is 18.3 Å². The van der Waals surface area contributed by atoms with Crippen molar-refractivity contribution in [2.75, 3.05) is 0 Å². The van der Waals surface area contributed by atoms with Crippen molar-refractivity contribution in [3.8, 4) is 0 Å². The average Bonchev–Trinajstić information content (AvgIpc) is 3.41. The number of oxazole rings is 1. The van der Waals surface area contributed by atoms with Crippen molar-refractivity contribution >= 4 is 0 Å². The molecule has 6 atom stereocenters. The quantitative estimate of drug-likeness (QED) is 0.493. The lowest BCUT2D eigenvalue weighted by atomic mass is 9.62. The van der Waals surface area contributed by atoms with Gasteiger partial charge in [-0.05, 0) is 79.8 Å². The Bertz CT molecular complexity index is 842. The first kappa shape index (κ1) is 23.5. The van der Waals surface area contributed by atoms with Crippen LogP contribution in [-0.2, 0) is 0 Å². The second-order valence-corrected chi connectivity index (χ2v) is 10.5. The Morgan fingerprint density at radius 2 is 2.12 bits per heavy atom. The molecule has 1 heterocycles. The van der Waals surface area contributed by atoms with Crippen molar-refractivity contribution in [1.82, 2.24) is 4.98 Å². The first-order valence-electron chi connectivity index (χ1n) is 12.4. The average molecular weight is 442 g/mol. The predicted molar refractivity (Wildman–Crippen MR) is 125 cm³/mol. The Morgan fingerprint density at radius 3 is 2.91 bits per heavy atom. The van der Waals surface area contributed by atoms with Gasteiger partial charge < -0.3 is 19.7 Å². The Hall–Kier alpha value is -1.69. The summed E-state index contributed by atoms with van der Waals surface area (Å²) < 4.78 is 4.97. The van der Waals surface area contributed by atoms with Crippen LogP contribution in [0, 0.1) is 17.3 Å². The van der Waals surface area contributed by atoms with Crippen LogP contribution in [0.3, 0.4) is 0 Å². The molecule has 0 radical (unpaired) electrons. The summed E-state index contributed by atoms with van der Waals surface area (Å²) in [5, 5.41) is 30.4. The third-order valence-electron chi connectivity index (χ3n) is 8.50. The first-order chi connectivity index (χ1) is 15.4. The third-order valence-corrected chi connectivity index (χ3v) is 8.50. The summed E-state index contributed by atoms with van der Waals surface area (Å²) in [6.07, 6.45) is 17.0. The Balaban J connectivity index is 1.35. The number of nitrogens with zero attached hydrogens (tertiary/aromatic N) is 1. The molecule has 0 aromatic carbocycles. The van der Waals surface area contributed by atoms with Gasteiger partial charge in [0.2, 0.25) is 0 Å². The summed E-state index contributed by atoms with van der Waals surface area (Å²) in [5.74, 6) is 1.37. The van der Waals surface area contributed by atoms with Crippen molar-refractivity contribution in [3.63, 3.8) is 0 Å². The molecule has 3 aliphatic rings. The highest BCUT2D eigenvalue weighted by molar-refractivity contribution is 5.38. The Labute approximate surface area is 192 Å². The zero-order valence-electron chi connectivity index (χ0n) is 19.4. The van der Waals surface area contributed by atoms with E-state index in [1.54, 1.807) is 0 Å². The van der Waals surface area contributed by atoms with E-state index in [1.807, 2.05) is 0 Å². The summed E-state index contributed by atoms with van der Waals surface area (Å²) in [5.41, 5.74) is 4.29. The van der Waals surface area contributed by atoms with Gasteiger partial charge >= 0.3 is 0 Å². The molecule has 1 aromatic heterocycles. The van der Waals surface area contributed by atoms with Crippen LogP contribution < -0.4 is 0 Å². The normalized spacial score (nSPS) is 36.6. The summed E-state index contributed by atoms with van der Waals surface area (Å²) in [6, 6.07) is 0. The molecule has 0 amide bonds. The maximum Gasteiger partial charge on any atom is 0.180 e. The fourth-order valence-corrected chi connectivity index (χ4v) is 6.55. The van der Waals surface area contributed by atoms with Crippen LogP contribution >= 0.6 is 0 Å². The van der Waals surface area contributed by atoms with Gasteiger partial charge in [0.25, 0.3) is 0 Å². The number of allylic oxidation sites excluding steroid dienone is 3. The Morgan fingerprint density at radius 1 is 1.28 bits per heavy atom. The molecule has 0 aliphatic heterocycles. The van der Waals surface area contributed by atoms with Crippen LogP contribution in [0.15, 0.2) is 52.5 Å². The molecule has 3 saturated carbocycles. The van der Waals surface area contributed by atoms with Crippen molar-refractivity contribution in [2.45, 2.75) is 95.9 Å². The molecular weight excluding hydrogens is 402 g/mol. The first-order valence-corrected chi connectivity index (χ1v) is 12.4. The monoisotopic (exact) mass is 441 g/mol. The molecular formula is C27H39NO4. The number of fused-ring (bicyclic) bond motifs is 1. The largest absolute Gasteiger partial charge is 0.451 e. The summed E-state index contributed by atoms with van der Waals surface area (Å²) >= 11 is 0. The Kier molecular flexibility index (Phi) is 7.38. The lowest BCUT2D eigenvalue weighted by molar-refractivity contribution is 0.0862. The number of hydrogen-bond acceptors (Lipinski definition) is 5. The molecule has 3 N–H and O–H groups in total. The molecule has 176 valence electrons. The highest BCUT2D eigenvalue weighted by Gasteiger charge is 2.48. The van der Waals surface area contributed by atoms with Gasteiger partial charge in [-0.25, -0.2) is 4.98 Å². The lowest BCUT2D eigenvalue weighted by Gasteiger charge is -2.42. The molecule has 0 spiro atoms. The van der Waals surface area contributed by atoms with Gasteiger partial charge in [-0.3, -0.25) is 0 Å². The third kappa shape index (κ3) is 4.95. The van der Waals surface area contributed by atoms with E-state index in [9.17, 15) is 15.3 Å². The van der Waals surface area contributed by atoms with Gasteiger partial charge in [-0.2, -0.15) is 0 Å². The van der Waals surface area contributed by atoms with E-state index in [2.05, 4.69) is 30.6 Å². The van der Waals surface area contributed by atoms with Crippen molar-refractivity contribution in [2.24, 2.45) is 17.3 Å². The van der Waals surface area contributed by atoms with E-state index in [-0.39, 0.29) is 0 Å². The number of unbranched alkanes of at least 4 members (excludes halogenated alkanes) is 1. The summed E-state index contributed by atoms with van der Waals surface area (Å²) in [6.45, 7) is 6.54. The van der Waals surface area contributed by atoms with Crippen LogP contribution in [0.25, 0.3) is 0 Å². The molecule has 5 heteroatoms. The zero-order valence-corrected chi connectivity index (χ0v) is 19.4. The smallest absolute Gasteiger partial charge is 0.180 e. The number of hydrogen-bond donors (Lipinski definition) is 3. The van der Waals surface area contributed by atoms with Gasteiger partial charge in [-0.1, -0.05) is 44.1 Å². The minimum absolute atomic E-state index is 0.357. The minimum atomic E-state index is -0.626. The molecule has 1 unspecified atom stereocenters. The highest BCUT2D eigenvalue weighted by Crippen LogP contribution is 2.58. The maximum atomic E-state index is 10.2. The molecule has 0 bridgehead atoms. The topological polar surface area (TPSA) is 86.7 Å². The lowest BCUT2D eigenvalue weighted by Crippen LogP contribution is -2.33. The molecule has 3 fully saturated rings. The zero-order chi connectivity index (χ0) is 22.7. The summed E-state index contributed by atoms with van der Waals surface area (Å²) in [7, 11) is 0. The van der Waals surface area contributed by atoms with E-state index in [0.29, 0.717) is 29.9 Å². The molecule has 1 aromatic rings. The maximum absolute atomic E-state index is 10.2. The van der Waals surface area contributed by atoms with Gasteiger partial charge in [-0.15, -0.1) is 0 Å². The molecule has 4 rings (SSSR count). The van der Waals surface area contributed by atoms with Crippen LogP contribution in [-0.4, -0.2) is 32.5 Å². The van der Waals surface area contributed by atoms with Crippen LogP contribution in [0.5, 0.6) is 0 Å². The van der Waals surface area contributed by atoms with E-state index in [4.69, 9.17) is 4.42 Å². The van der Waals surface area contributed by atoms with Gasteiger partial charge in [0, 0.05) is 6.42 Å². The molecule has 5 nitrogen and oxygen atoms in total. The van der Waals surface area contributed by atoms with Gasteiger partial charge in [0.05, 0.1) is 18.3 Å². The SMILES string of the molecule is C=C1/C(=C\C=C2/CCC[C@]3(C)C(CCCC[C@@H](O)c4cocn4)CC[C@@H]23)C[C@@H](O)C[C@@H]1O. The number of aliphatic hydroxyl groups excluding tert-OH is 3. The molecule has 3 aliphatic carbocycles. The van der Waals surface area contributed by atoms with Gasteiger partial charge in [0.15, 0.2) is 6.39 Å². The fourth-order valence-electron chi connectivity index (χ4n) is 6.55. The number of aromatic nitrogens is 1. The highest BCUT2D eigenvalue weighted by atomic mass is 16.3. The van der Waals surface area contributed by atoms with Crippen LogP contribution in [0.4, 0.5) is 0 Å². The van der Waals surface area contributed by atoms with Gasteiger partial charge in [0.1, 0.15) is 12.0 Å². The van der Waals surface area contributed by atoms with Crippen LogP contribution in [0.2, 0.25) is 0 Å². The second kappa shape index (κ2) is 10.1. The van der Waals surface area contributed by atoms with E-state index in [0.717, 1.165) is 42.7 Å². The second-order valence-electron chi connectivity index (χ2n) is 10.5. The minimum Gasteiger partial charge on any atom is -0.451 e. The fraction of sp³-hybridized carbons (Fsp3) is 0.667. The molecule has 32 heavy (non-hydrogen) atoms. The number of rotatable bonds is 7. The van der Waals surface area contributed by atoms with Crippen molar-refractivity contribution in [3.05, 3.63) is 53.8 Å². The summed E-state index contributed by atoms with van der Waals surface area (Å²) in [4.78, 5) is 4.05. The van der Waals surface area contributed by atoms with Crippen LogP contribution in [0.1, 0.15) is 89.4 Å². The van der Waals surface area contributed by atoms with Crippen molar-refractivity contribution < 1.29 is 19.7 Å². The van der Waals surface area contributed by atoms with Crippen molar-refractivity contribution in [1.29, 1.82) is 0 Å². The van der Waals surface area contributed by atoms with E-state index >= 15 is 0 Å².